The first-order valence-electron chi connectivity index (χ1n) is 14.7. The van der Waals surface area contributed by atoms with Gasteiger partial charge >= 0.3 is 0 Å². The molecule has 3 aliphatic rings. The van der Waals surface area contributed by atoms with Gasteiger partial charge < -0.3 is 9.64 Å². The first-order valence-corrected chi connectivity index (χ1v) is 17.7. The largest absolute Gasteiger partial charge is 0.379 e. The van der Waals surface area contributed by atoms with Gasteiger partial charge in [0, 0.05) is 73.2 Å². The predicted molar refractivity (Wildman–Crippen MR) is 175 cm³/mol. The molecule has 240 valence electrons. The van der Waals surface area contributed by atoms with Crippen molar-refractivity contribution in [2.24, 2.45) is 0 Å². The van der Waals surface area contributed by atoms with Gasteiger partial charge in [-0.1, -0.05) is 51.3 Å². The maximum absolute atomic E-state index is 14.3. The highest BCUT2D eigenvalue weighted by molar-refractivity contribution is 9.10. The number of rotatable bonds is 8. The van der Waals surface area contributed by atoms with Crippen LogP contribution in [0.25, 0.3) is 0 Å². The number of morpholine rings is 1. The van der Waals surface area contributed by atoms with Crippen molar-refractivity contribution in [3.63, 3.8) is 0 Å². The van der Waals surface area contributed by atoms with Crippen molar-refractivity contribution in [3.05, 3.63) is 68.7 Å². The first-order chi connectivity index (χ1) is 21.5. The van der Waals surface area contributed by atoms with Gasteiger partial charge in [0.25, 0.3) is 15.9 Å². The molecule has 6 rings (SSSR count). The van der Waals surface area contributed by atoms with Crippen molar-refractivity contribution in [2.75, 3.05) is 63.9 Å². The highest BCUT2D eigenvalue weighted by Gasteiger charge is 2.52. The van der Waals surface area contributed by atoms with Gasteiger partial charge in [0.15, 0.2) is 5.03 Å². The zero-order valence-electron chi connectivity index (χ0n) is 24.7. The van der Waals surface area contributed by atoms with Crippen molar-refractivity contribution in [1.82, 2.24) is 23.7 Å². The number of halogens is 3. The van der Waals surface area contributed by atoms with E-state index in [1.807, 2.05) is 24.3 Å². The Balaban J connectivity index is 1.28. The number of hydrogen-bond acceptors (Lipinski definition) is 7. The monoisotopic (exact) mass is 738 g/mol. The van der Waals surface area contributed by atoms with Crippen LogP contribution in [0.4, 0.5) is 11.6 Å². The molecule has 2 fully saturated rings. The van der Waals surface area contributed by atoms with Gasteiger partial charge in [-0.3, -0.25) is 19.1 Å². The SMILES string of the molecule is C[C@@]1(Cc2ccc(Br)cc2)C(=O)N(c2cc(Cl)cc(Cl)c2)c2ncc(S(=O)(=O)N3CCN(C(=O)CCN4CCOCC4)CC3)n21. The summed E-state index contributed by atoms with van der Waals surface area (Å²) in [7, 11) is -4.10. The Hall–Kier alpha value is -2.52. The second-order valence-electron chi connectivity index (χ2n) is 11.6. The van der Waals surface area contributed by atoms with Crippen LogP contribution in [0.1, 0.15) is 18.9 Å². The summed E-state index contributed by atoms with van der Waals surface area (Å²) >= 11 is 16.0. The van der Waals surface area contributed by atoms with E-state index in [2.05, 4.69) is 25.8 Å². The smallest absolute Gasteiger partial charge is 0.260 e. The molecular formula is C30H33BrCl2N6O5S. The number of carbonyl (C=O) groups excluding carboxylic acids is 2. The maximum Gasteiger partial charge on any atom is 0.260 e. The van der Waals surface area contributed by atoms with E-state index in [1.54, 1.807) is 30.0 Å². The number of anilines is 2. The highest BCUT2D eigenvalue weighted by atomic mass is 79.9. The van der Waals surface area contributed by atoms with Crippen LogP contribution in [0, 0.1) is 0 Å². The lowest BCUT2D eigenvalue weighted by molar-refractivity contribution is -0.133. The fraction of sp³-hybridized carbons (Fsp3) is 0.433. The van der Waals surface area contributed by atoms with E-state index in [1.165, 1.54) is 20.0 Å². The summed E-state index contributed by atoms with van der Waals surface area (Å²) in [6.45, 7) is 6.16. The average molecular weight is 741 g/mol. The predicted octanol–water partition coefficient (Wildman–Crippen LogP) is 4.14. The van der Waals surface area contributed by atoms with Crippen molar-refractivity contribution in [2.45, 2.75) is 30.3 Å². The molecular weight excluding hydrogens is 707 g/mol. The van der Waals surface area contributed by atoms with E-state index in [0.717, 1.165) is 23.1 Å². The molecule has 2 saturated heterocycles. The minimum atomic E-state index is -4.10. The number of amides is 2. The third-order valence-electron chi connectivity index (χ3n) is 8.58. The van der Waals surface area contributed by atoms with E-state index in [-0.39, 0.29) is 55.4 Å². The Bertz CT molecular complexity index is 1690. The highest BCUT2D eigenvalue weighted by Crippen LogP contribution is 2.45. The summed E-state index contributed by atoms with van der Waals surface area (Å²) in [5.74, 6) is -0.195. The lowest BCUT2D eigenvalue weighted by Crippen LogP contribution is -2.51. The Kier molecular flexibility index (Phi) is 9.32. The van der Waals surface area contributed by atoms with Gasteiger partial charge in [0.2, 0.25) is 11.9 Å². The van der Waals surface area contributed by atoms with Crippen molar-refractivity contribution in [1.29, 1.82) is 0 Å². The number of fused-ring (bicyclic) bond motifs is 1. The summed E-state index contributed by atoms with van der Waals surface area (Å²) in [6.07, 6.45) is 1.89. The lowest BCUT2D eigenvalue weighted by atomic mass is 9.92. The molecule has 15 heteroatoms. The molecule has 0 unspecified atom stereocenters. The van der Waals surface area contributed by atoms with Crippen LogP contribution in [0.15, 0.2) is 58.2 Å². The van der Waals surface area contributed by atoms with E-state index in [4.69, 9.17) is 27.9 Å². The molecule has 3 aliphatic heterocycles. The third-order valence-corrected chi connectivity index (χ3v) is 11.4. The number of ether oxygens (including phenoxy) is 1. The Morgan fingerprint density at radius 2 is 1.64 bits per heavy atom. The number of carbonyl (C=O) groups is 2. The molecule has 45 heavy (non-hydrogen) atoms. The maximum atomic E-state index is 14.3. The number of aromatic nitrogens is 2. The minimum absolute atomic E-state index is 0.00674. The second kappa shape index (κ2) is 12.9. The molecule has 3 aromatic rings. The average Bonchev–Trinajstić information content (AvgIpc) is 3.55. The van der Waals surface area contributed by atoms with Crippen LogP contribution in [0.3, 0.4) is 0 Å². The topological polar surface area (TPSA) is 108 Å². The molecule has 2 amide bonds. The number of hydrogen-bond donors (Lipinski definition) is 0. The molecule has 4 heterocycles. The number of nitrogens with zero attached hydrogens (tertiary/aromatic N) is 6. The molecule has 0 N–H and O–H groups in total. The van der Waals surface area contributed by atoms with Gasteiger partial charge in [-0.15, -0.1) is 0 Å². The molecule has 0 saturated carbocycles. The van der Waals surface area contributed by atoms with Gasteiger partial charge in [0.05, 0.1) is 25.1 Å². The Morgan fingerprint density at radius 3 is 2.29 bits per heavy atom. The van der Waals surface area contributed by atoms with Crippen molar-refractivity contribution < 1.29 is 22.7 Å². The summed E-state index contributed by atoms with van der Waals surface area (Å²) in [4.78, 5) is 37.0. The number of piperazine rings is 1. The van der Waals surface area contributed by atoms with Crippen LogP contribution in [-0.4, -0.2) is 103 Å². The van der Waals surface area contributed by atoms with Crippen molar-refractivity contribution >= 4 is 72.6 Å². The standard InChI is InChI=1S/C30H33BrCl2N6O5S/c1-30(19-21-2-4-22(31)5-3-21)28(41)38(25-17-23(32)16-24(33)18-25)29-34-20-27(39(29)30)45(42,43)37-10-8-36(9-11-37)26(40)6-7-35-12-14-44-15-13-35/h2-5,16-18,20H,6-15,19H2,1H3/t30-/m1/s1. The number of imidazole rings is 1. The van der Waals surface area contributed by atoms with Gasteiger partial charge in [-0.2, -0.15) is 4.31 Å². The lowest BCUT2D eigenvalue weighted by Gasteiger charge is -2.35. The molecule has 0 radical (unpaired) electrons. The molecule has 2 aromatic carbocycles. The molecule has 0 bridgehead atoms. The van der Waals surface area contributed by atoms with Crippen molar-refractivity contribution in [3.8, 4) is 0 Å². The molecule has 1 atom stereocenters. The van der Waals surface area contributed by atoms with Crippen LogP contribution < -0.4 is 4.90 Å². The Morgan fingerprint density at radius 1 is 1.00 bits per heavy atom. The van der Waals surface area contributed by atoms with E-state index in [0.29, 0.717) is 41.9 Å². The minimum Gasteiger partial charge on any atom is -0.379 e. The molecule has 0 aliphatic carbocycles. The summed E-state index contributed by atoms with van der Waals surface area (Å²) in [5.41, 5.74) is -0.113. The summed E-state index contributed by atoms with van der Waals surface area (Å²) in [5, 5.41) is 0.568. The number of sulfonamides is 1. The van der Waals surface area contributed by atoms with E-state index in [9.17, 15) is 18.0 Å². The molecule has 1 aromatic heterocycles. The van der Waals surface area contributed by atoms with Crippen LogP contribution in [0.5, 0.6) is 0 Å². The first kappa shape index (κ1) is 32.4. The normalized spacial score (nSPS) is 21.4. The summed E-state index contributed by atoms with van der Waals surface area (Å²) in [6, 6.07) is 12.3. The zero-order chi connectivity index (χ0) is 31.9. The number of benzene rings is 2. The molecule has 0 spiro atoms. The van der Waals surface area contributed by atoms with E-state index >= 15 is 0 Å². The fourth-order valence-electron chi connectivity index (χ4n) is 6.16. The fourth-order valence-corrected chi connectivity index (χ4v) is 8.55. The Labute approximate surface area is 280 Å². The van der Waals surface area contributed by atoms with Gasteiger partial charge in [-0.25, -0.2) is 18.3 Å². The molecule has 11 nitrogen and oxygen atoms in total. The zero-order valence-corrected chi connectivity index (χ0v) is 28.6. The third kappa shape index (κ3) is 6.40. The van der Waals surface area contributed by atoms with Crippen LogP contribution in [0.2, 0.25) is 10.0 Å². The van der Waals surface area contributed by atoms with Crippen LogP contribution >= 0.6 is 39.1 Å². The summed E-state index contributed by atoms with van der Waals surface area (Å²) < 4.78 is 37.6. The van der Waals surface area contributed by atoms with Gasteiger partial charge in [0.1, 0.15) is 5.54 Å². The van der Waals surface area contributed by atoms with Crippen LogP contribution in [-0.2, 0) is 36.3 Å². The second-order valence-corrected chi connectivity index (χ2v) is 15.2. The van der Waals surface area contributed by atoms with E-state index < -0.39 is 15.6 Å². The quantitative estimate of drug-likeness (QED) is 0.342. The van der Waals surface area contributed by atoms with Gasteiger partial charge in [-0.05, 0) is 42.8 Å².